The molecule has 0 saturated carbocycles. The first-order valence-electron chi connectivity index (χ1n) is 9.52. The van der Waals surface area contributed by atoms with Crippen LogP contribution in [0.2, 0.25) is 0 Å². The maximum absolute atomic E-state index is 13.2. The third-order valence-corrected chi connectivity index (χ3v) is 5.91. The first-order chi connectivity index (χ1) is 15.2. The first kappa shape index (κ1) is 23.3. The SMILES string of the molecule is O=C(Nc1ccccc1)N(CCNS(=O)(=O)c1ccccc1)c1cccc(C(F)(F)F)c1. The van der Waals surface area contributed by atoms with Gasteiger partial charge in [0.2, 0.25) is 10.0 Å². The molecule has 6 nitrogen and oxygen atoms in total. The van der Waals surface area contributed by atoms with Crippen LogP contribution in [0, 0.1) is 0 Å². The van der Waals surface area contributed by atoms with Crippen LogP contribution in [0.5, 0.6) is 0 Å². The van der Waals surface area contributed by atoms with Gasteiger partial charge < -0.3 is 5.32 Å². The average molecular weight is 463 g/mol. The van der Waals surface area contributed by atoms with E-state index in [4.69, 9.17) is 0 Å². The van der Waals surface area contributed by atoms with Crippen molar-refractivity contribution in [1.82, 2.24) is 4.72 Å². The Morgan fingerprint density at radius 2 is 1.50 bits per heavy atom. The maximum Gasteiger partial charge on any atom is 0.416 e. The van der Waals surface area contributed by atoms with Crippen LogP contribution < -0.4 is 14.9 Å². The van der Waals surface area contributed by atoms with E-state index in [1.54, 1.807) is 48.5 Å². The van der Waals surface area contributed by atoms with Crippen molar-refractivity contribution < 1.29 is 26.4 Å². The van der Waals surface area contributed by atoms with Crippen molar-refractivity contribution in [2.45, 2.75) is 11.1 Å². The second-order valence-corrected chi connectivity index (χ2v) is 8.47. The number of para-hydroxylation sites is 1. The van der Waals surface area contributed by atoms with Crippen LogP contribution in [0.4, 0.5) is 29.3 Å². The van der Waals surface area contributed by atoms with Gasteiger partial charge in [0.25, 0.3) is 0 Å². The average Bonchev–Trinajstić information content (AvgIpc) is 2.77. The van der Waals surface area contributed by atoms with Crippen molar-refractivity contribution in [3.8, 4) is 0 Å². The molecule has 0 aliphatic carbocycles. The van der Waals surface area contributed by atoms with E-state index < -0.39 is 27.8 Å². The van der Waals surface area contributed by atoms with Crippen LogP contribution in [0.3, 0.4) is 0 Å². The number of nitrogens with one attached hydrogen (secondary N) is 2. The van der Waals surface area contributed by atoms with Crippen molar-refractivity contribution >= 4 is 27.4 Å². The van der Waals surface area contributed by atoms with Crippen LogP contribution in [0.25, 0.3) is 0 Å². The summed E-state index contributed by atoms with van der Waals surface area (Å²) in [5.74, 6) is 0. The molecule has 0 bridgehead atoms. The number of hydrogen-bond acceptors (Lipinski definition) is 3. The number of nitrogens with zero attached hydrogens (tertiary/aromatic N) is 1. The van der Waals surface area contributed by atoms with Crippen molar-refractivity contribution in [2.75, 3.05) is 23.3 Å². The molecule has 3 aromatic rings. The van der Waals surface area contributed by atoms with E-state index in [-0.39, 0.29) is 23.7 Å². The number of carbonyl (C=O) groups is 1. The number of urea groups is 1. The number of sulfonamides is 1. The lowest BCUT2D eigenvalue weighted by molar-refractivity contribution is -0.137. The summed E-state index contributed by atoms with van der Waals surface area (Å²) in [5, 5.41) is 2.61. The van der Waals surface area contributed by atoms with E-state index in [2.05, 4.69) is 10.0 Å². The molecule has 2 amide bonds. The fourth-order valence-electron chi connectivity index (χ4n) is 2.89. The predicted molar refractivity (Wildman–Crippen MR) is 116 cm³/mol. The molecule has 32 heavy (non-hydrogen) atoms. The summed E-state index contributed by atoms with van der Waals surface area (Å²) in [6, 6.07) is 19.6. The Balaban J connectivity index is 1.81. The zero-order valence-corrected chi connectivity index (χ0v) is 17.5. The summed E-state index contributed by atoms with van der Waals surface area (Å²) in [4.78, 5) is 13.9. The molecule has 168 valence electrons. The minimum Gasteiger partial charge on any atom is -0.308 e. The van der Waals surface area contributed by atoms with Crippen molar-refractivity contribution in [1.29, 1.82) is 0 Å². The first-order valence-corrected chi connectivity index (χ1v) is 11.0. The summed E-state index contributed by atoms with van der Waals surface area (Å²) in [7, 11) is -3.84. The van der Waals surface area contributed by atoms with Crippen LogP contribution in [-0.4, -0.2) is 27.5 Å². The van der Waals surface area contributed by atoms with Crippen LogP contribution >= 0.6 is 0 Å². The highest BCUT2D eigenvalue weighted by molar-refractivity contribution is 7.89. The molecular weight excluding hydrogens is 443 g/mol. The Kier molecular flexibility index (Phi) is 7.16. The van der Waals surface area contributed by atoms with Gasteiger partial charge in [-0.25, -0.2) is 17.9 Å². The number of amides is 2. The molecule has 0 atom stereocenters. The van der Waals surface area contributed by atoms with Gasteiger partial charge in [-0.15, -0.1) is 0 Å². The maximum atomic E-state index is 13.2. The molecule has 0 heterocycles. The monoisotopic (exact) mass is 463 g/mol. The number of anilines is 2. The third kappa shape index (κ3) is 6.08. The molecule has 0 fully saturated rings. The fourth-order valence-corrected chi connectivity index (χ4v) is 3.93. The molecule has 0 spiro atoms. The van der Waals surface area contributed by atoms with Crippen molar-refractivity contribution in [3.63, 3.8) is 0 Å². The second-order valence-electron chi connectivity index (χ2n) is 6.71. The van der Waals surface area contributed by atoms with E-state index in [0.29, 0.717) is 5.69 Å². The standard InChI is InChI=1S/C22H20F3N3O3S/c23-22(24,25)17-8-7-11-19(16-17)28(21(29)27-18-9-3-1-4-10-18)15-14-26-32(30,31)20-12-5-2-6-13-20/h1-13,16,26H,14-15H2,(H,27,29). The van der Waals surface area contributed by atoms with E-state index in [0.717, 1.165) is 17.0 Å². The predicted octanol–water partition coefficient (Wildman–Crippen LogP) is 4.72. The Morgan fingerprint density at radius 1 is 0.875 bits per heavy atom. The normalized spacial score (nSPS) is 11.7. The number of halogens is 3. The van der Waals surface area contributed by atoms with E-state index in [1.807, 2.05) is 0 Å². The van der Waals surface area contributed by atoms with E-state index in [1.165, 1.54) is 24.3 Å². The fraction of sp³-hybridized carbons (Fsp3) is 0.136. The zero-order valence-electron chi connectivity index (χ0n) is 16.7. The van der Waals surface area contributed by atoms with E-state index >= 15 is 0 Å². The van der Waals surface area contributed by atoms with Gasteiger partial charge in [-0.05, 0) is 42.5 Å². The lowest BCUT2D eigenvalue weighted by Crippen LogP contribution is -2.41. The molecule has 0 aliphatic rings. The quantitative estimate of drug-likeness (QED) is 0.532. The molecule has 0 saturated heterocycles. The molecule has 0 radical (unpaired) electrons. The summed E-state index contributed by atoms with van der Waals surface area (Å²) < 4.78 is 66.7. The van der Waals surface area contributed by atoms with Gasteiger partial charge >= 0.3 is 12.2 Å². The van der Waals surface area contributed by atoms with Gasteiger partial charge in [0.05, 0.1) is 10.5 Å². The van der Waals surface area contributed by atoms with Gasteiger partial charge in [-0.3, -0.25) is 4.90 Å². The highest BCUT2D eigenvalue weighted by atomic mass is 32.2. The summed E-state index contributed by atoms with van der Waals surface area (Å²) in [6.45, 7) is -0.415. The third-order valence-electron chi connectivity index (χ3n) is 4.44. The smallest absolute Gasteiger partial charge is 0.308 e. The minimum atomic E-state index is -4.59. The van der Waals surface area contributed by atoms with Gasteiger partial charge in [-0.1, -0.05) is 42.5 Å². The molecular formula is C22H20F3N3O3S. The molecule has 0 unspecified atom stereocenters. The number of benzene rings is 3. The summed E-state index contributed by atoms with van der Waals surface area (Å²) >= 11 is 0. The Hall–Kier alpha value is -3.37. The number of rotatable bonds is 7. The largest absolute Gasteiger partial charge is 0.416 e. The Morgan fingerprint density at radius 3 is 2.12 bits per heavy atom. The van der Waals surface area contributed by atoms with Gasteiger partial charge in [0, 0.05) is 24.5 Å². The molecule has 2 N–H and O–H groups in total. The Bertz CT molecular complexity index is 1160. The van der Waals surface area contributed by atoms with Crippen LogP contribution in [0.1, 0.15) is 5.56 Å². The van der Waals surface area contributed by atoms with Gasteiger partial charge in [0.1, 0.15) is 0 Å². The number of carbonyl (C=O) groups excluding carboxylic acids is 1. The summed E-state index contributed by atoms with van der Waals surface area (Å²) in [5.41, 5.74) is -0.496. The zero-order chi connectivity index (χ0) is 23.2. The Labute approximate surface area is 183 Å². The van der Waals surface area contributed by atoms with Crippen LogP contribution in [0.15, 0.2) is 89.8 Å². The lowest BCUT2D eigenvalue weighted by Gasteiger charge is -2.24. The van der Waals surface area contributed by atoms with Crippen LogP contribution in [-0.2, 0) is 16.2 Å². The highest BCUT2D eigenvalue weighted by Gasteiger charge is 2.31. The topological polar surface area (TPSA) is 78.5 Å². The van der Waals surface area contributed by atoms with Crippen molar-refractivity contribution in [2.24, 2.45) is 0 Å². The summed E-state index contributed by atoms with van der Waals surface area (Å²) in [6.07, 6.45) is -4.59. The molecule has 0 aromatic heterocycles. The van der Waals surface area contributed by atoms with Crippen molar-refractivity contribution in [3.05, 3.63) is 90.5 Å². The lowest BCUT2D eigenvalue weighted by atomic mass is 10.2. The highest BCUT2D eigenvalue weighted by Crippen LogP contribution is 2.31. The van der Waals surface area contributed by atoms with Gasteiger partial charge in [-0.2, -0.15) is 13.2 Å². The number of alkyl halides is 3. The molecule has 3 rings (SSSR count). The molecule has 10 heteroatoms. The molecule has 0 aliphatic heterocycles. The molecule has 3 aromatic carbocycles. The number of hydrogen-bond donors (Lipinski definition) is 2. The van der Waals surface area contributed by atoms with Gasteiger partial charge in [0.15, 0.2) is 0 Å². The minimum absolute atomic E-state index is 0.0211. The second kappa shape index (κ2) is 9.84. The van der Waals surface area contributed by atoms with E-state index in [9.17, 15) is 26.4 Å².